The van der Waals surface area contributed by atoms with Crippen LogP contribution in [0.2, 0.25) is 0 Å². The summed E-state index contributed by atoms with van der Waals surface area (Å²) in [6.07, 6.45) is 6.87. The molecule has 3 nitrogen and oxygen atoms in total. The minimum Gasteiger partial charge on any atom is -0.378 e. The van der Waals surface area contributed by atoms with Crippen molar-refractivity contribution in [3.8, 4) is 0 Å². The van der Waals surface area contributed by atoms with Crippen molar-refractivity contribution >= 4 is 0 Å². The van der Waals surface area contributed by atoms with Gasteiger partial charge >= 0.3 is 0 Å². The van der Waals surface area contributed by atoms with Crippen LogP contribution < -0.4 is 10.6 Å². The van der Waals surface area contributed by atoms with Gasteiger partial charge in [-0.1, -0.05) is 13.8 Å². The Balaban J connectivity index is 1.92. The monoisotopic (exact) mass is 242 g/mol. The Morgan fingerprint density at radius 3 is 2.65 bits per heavy atom. The lowest BCUT2D eigenvalue weighted by Gasteiger charge is -2.23. The second kappa shape index (κ2) is 8.90. The molecule has 1 heterocycles. The molecular formula is C14H30N2O. The Kier molecular flexibility index (Phi) is 7.82. The Bertz CT molecular complexity index is 179. The third kappa shape index (κ3) is 7.74. The van der Waals surface area contributed by atoms with Crippen LogP contribution in [0.15, 0.2) is 0 Å². The first-order valence-electron chi connectivity index (χ1n) is 7.27. The van der Waals surface area contributed by atoms with E-state index >= 15 is 0 Å². The van der Waals surface area contributed by atoms with Crippen LogP contribution in [0, 0.1) is 0 Å². The molecule has 2 atom stereocenters. The topological polar surface area (TPSA) is 33.3 Å². The van der Waals surface area contributed by atoms with Crippen molar-refractivity contribution in [2.24, 2.45) is 0 Å². The van der Waals surface area contributed by atoms with Crippen molar-refractivity contribution in [1.82, 2.24) is 10.6 Å². The van der Waals surface area contributed by atoms with Gasteiger partial charge in [0.25, 0.3) is 0 Å². The van der Waals surface area contributed by atoms with Crippen LogP contribution in [-0.4, -0.2) is 37.9 Å². The van der Waals surface area contributed by atoms with E-state index in [9.17, 15) is 0 Å². The predicted molar refractivity (Wildman–Crippen MR) is 73.4 cm³/mol. The second-order valence-corrected chi connectivity index (χ2v) is 5.55. The molecule has 0 bridgehead atoms. The van der Waals surface area contributed by atoms with Gasteiger partial charge in [0.05, 0.1) is 6.10 Å². The average molecular weight is 242 g/mol. The van der Waals surface area contributed by atoms with E-state index in [-0.39, 0.29) is 0 Å². The third-order valence-corrected chi connectivity index (χ3v) is 3.30. The van der Waals surface area contributed by atoms with Gasteiger partial charge < -0.3 is 15.4 Å². The van der Waals surface area contributed by atoms with E-state index in [2.05, 4.69) is 31.4 Å². The summed E-state index contributed by atoms with van der Waals surface area (Å²) in [5.41, 5.74) is 0. The highest BCUT2D eigenvalue weighted by Crippen LogP contribution is 2.16. The lowest BCUT2D eigenvalue weighted by atomic mass is 10.0. The van der Waals surface area contributed by atoms with Gasteiger partial charge in [0.15, 0.2) is 0 Å². The fraction of sp³-hybridized carbons (Fsp3) is 1.00. The predicted octanol–water partition coefficient (Wildman–Crippen LogP) is 2.31. The fourth-order valence-electron chi connectivity index (χ4n) is 2.20. The first kappa shape index (κ1) is 14.9. The van der Waals surface area contributed by atoms with Crippen LogP contribution in [0.4, 0.5) is 0 Å². The first-order chi connectivity index (χ1) is 8.18. The summed E-state index contributed by atoms with van der Waals surface area (Å²) >= 11 is 0. The molecular weight excluding hydrogens is 212 g/mol. The SMILES string of the molecule is CC(C)NCC(C)NCCCC1CCCCO1. The van der Waals surface area contributed by atoms with Crippen LogP contribution >= 0.6 is 0 Å². The summed E-state index contributed by atoms with van der Waals surface area (Å²) in [6.45, 7) is 9.76. The summed E-state index contributed by atoms with van der Waals surface area (Å²) in [5.74, 6) is 0. The van der Waals surface area contributed by atoms with E-state index in [1.165, 1.54) is 32.1 Å². The van der Waals surface area contributed by atoms with Gasteiger partial charge in [0.2, 0.25) is 0 Å². The average Bonchev–Trinajstić information content (AvgIpc) is 2.33. The number of rotatable bonds is 8. The van der Waals surface area contributed by atoms with Gasteiger partial charge in [-0.2, -0.15) is 0 Å². The van der Waals surface area contributed by atoms with Crippen LogP contribution in [0.5, 0.6) is 0 Å². The lowest BCUT2D eigenvalue weighted by molar-refractivity contribution is 0.0101. The Hall–Kier alpha value is -0.120. The van der Waals surface area contributed by atoms with Gasteiger partial charge in [-0.15, -0.1) is 0 Å². The highest BCUT2D eigenvalue weighted by Gasteiger charge is 2.13. The van der Waals surface area contributed by atoms with E-state index in [4.69, 9.17) is 4.74 Å². The molecule has 3 heteroatoms. The van der Waals surface area contributed by atoms with E-state index in [1.807, 2.05) is 0 Å². The summed E-state index contributed by atoms with van der Waals surface area (Å²) in [4.78, 5) is 0. The molecule has 0 spiro atoms. The van der Waals surface area contributed by atoms with Crippen molar-refractivity contribution < 1.29 is 4.74 Å². The van der Waals surface area contributed by atoms with Crippen molar-refractivity contribution in [2.45, 2.75) is 71.1 Å². The van der Waals surface area contributed by atoms with E-state index in [0.29, 0.717) is 18.2 Å². The van der Waals surface area contributed by atoms with Crippen LogP contribution in [0.1, 0.15) is 52.9 Å². The zero-order valence-corrected chi connectivity index (χ0v) is 11.8. The van der Waals surface area contributed by atoms with Gasteiger partial charge in [-0.3, -0.25) is 0 Å². The first-order valence-corrected chi connectivity index (χ1v) is 7.27. The molecule has 2 unspecified atom stereocenters. The molecule has 1 saturated heterocycles. The molecule has 1 aliphatic heterocycles. The third-order valence-electron chi connectivity index (χ3n) is 3.30. The highest BCUT2D eigenvalue weighted by molar-refractivity contribution is 4.68. The fourth-order valence-corrected chi connectivity index (χ4v) is 2.20. The number of ether oxygens (including phenoxy) is 1. The zero-order chi connectivity index (χ0) is 12.5. The quantitative estimate of drug-likeness (QED) is 0.641. The molecule has 0 saturated carbocycles. The minimum absolute atomic E-state index is 0.537. The Labute approximate surface area is 107 Å². The lowest BCUT2D eigenvalue weighted by Crippen LogP contribution is -2.39. The largest absolute Gasteiger partial charge is 0.378 e. The molecule has 0 aromatic rings. The Morgan fingerprint density at radius 1 is 1.18 bits per heavy atom. The summed E-state index contributed by atoms with van der Waals surface area (Å²) in [7, 11) is 0. The van der Waals surface area contributed by atoms with E-state index in [1.54, 1.807) is 0 Å². The molecule has 0 aliphatic carbocycles. The van der Waals surface area contributed by atoms with Crippen molar-refractivity contribution in [3.63, 3.8) is 0 Å². The van der Waals surface area contributed by atoms with Gasteiger partial charge in [-0.05, 0) is 45.6 Å². The van der Waals surface area contributed by atoms with Crippen LogP contribution in [0.25, 0.3) is 0 Å². The standard InChI is InChI=1S/C14H30N2O/c1-12(2)16-11-13(3)15-9-6-8-14-7-4-5-10-17-14/h12-16H,4-11H2,1-3H3. The molecule has 0 amide bonds. The van der Waals surface area contributed by atoms with Gasteiger partial charge in [0.1, 0.15) is 0 Å². The van der Waals surface area contributed by atoms with Crippen LogP contribution in [-0.2, 0) is 4.74 Å². The maximum Gasteiger partial charge on any atom is 0.0575 e. The second-order valence-electron chi connectivity index (χ2n) is 5.55. The number of hydrogen-bond acceptors (Lipinski definition) is 3. The summed E-state index contributed by atoms with van der Waals surface area (Å²) in [5, 5.41) is 7.01. The molecule has 1 aliphatic rings. The highest BCUT2D eigenvalue weighted by atomic mass is 16.5. The maximum atomic E-state index is 5.72. The van der Waals surface area contributed by atoms with Crippen molar-refractivity contribution in [3.05, 3.63) is 0 Å². The molecule has 0 radical (unpaired) electrons. The van der Waals surface area contributed by atoms with Crippen molar-refractivity contribution in [2.75, 3.05) is 19.7 Å². The smallest absolute Gasteiger partial charge is 0.0575 e. The summed E-state index contributed by atoms with van der Waals surface area (Å²) < 4.78 is 5.72. The number of nitrogens with one attached hydrogen (secondary N) is 2. The van der Waals surface area contributed by atoms with Gasteiger partial charge in [0, 0.05) is 25.2 Å². The van der Waals surface area contributed by atoms with Crippen molar-refractivity contribution in [1.29, 1.82) is 0 Å². The Morgan fingerprint density at radius 2 is 2.00 bits per heavy atom. The molecule has 102 valence electrons. The van der Waals surface area contributed by atoms with Crippen LogP contribution in [0.3, 0.4) is 0 Å². The number of hydrogen-bond donors (Lipinski definition) is 2. The molecule has 1 rings (SSSR count). The molecule has 2 N–H and O–H groups in total. The van der Waals surface area contributed by atoms with E-state index in [0.717, 1.165) is 19.7 Å². The molecule has 17 heavy (non-hydrogen) atoms. The maximum absolute atomic E-state index is 5.72. The zero-order valence-electron chi connectivity index (χ0n) is 11.8. The minimum atomic E-state index is 0.537. The summed E-state index contributed by atoms with van der Waals surface area (Å²) in [6, 6.07) is 1.14. The van der Waals surface area contributed by atoms with E-state index < -0.39 is 0 Å². The normalized spacial score (nSPS) is 22.9. The van der Waals surface area contributed by atoms with Gasteiger partial charge in [-0.25, -0.2) is 0 Å². The molecule has 0 aromatic heterocycles. The molecule has 0 aromatic carbocycles. The molecule has 1 fully saturated rings.